The van der Waals surface area contributed by atoms with Gasteiger partial charge in [-0.15, -0.1) is 0 Å². The summed E-state index contributed by atoms with van der Waals surface area (Å²) in [5.74, 6) is 0.214. The van der Waals surface area contributed by atoms with Gasteiger partial charge in [0.05, 0.1) is 24.7 Å². The number of carbonyl (C=O) groups is 2. The zero-order chi connectivity index (χ0) is 23.4. The van der Waals surface area contributed by atoms with Gasteiger partial charge in [0.1, 0.15) is 6.10 Å². The number of pyridine rings is 2. The minimum atomic E-state index is -0.456. The molecule has 4 rings (SSSR count). The van der Waals surface area contributed by atoms with Gasteiger partial charge in [0, 0.05) is 42.6 Å². The van der Waals surface area contributed by atoms with Gasteiger partial charge in [0.25, 0.3) is 0 Å². The predicted molar refractivity (Wildman–Crippen MR) is 126 cm³/mol. The summed E-state index contributed by atoms with van der Waals surface area (Å²) in [4.78, 5) is 35.6. The van der Waals surface area contributed by atoms with Crippen molar-refractivity contribution in [3.05, 3.63) is 65.4 Å². The molecule has 0 unspecified atom stereocenters. The number of aryl methyl sites for hydroxylation is 1. The van der Waals surface area contributed by atoms with E-state index in [0.29, 0.717) is 29.0 Å². The van der Waals surface area contributed by atoms with Crippen LogP contribution in [-0.4, -0.2) is 48.8 Å². The first-order valence-corrected chi connectivity index (χ1v) is 10.8. The number of hydrogen-bond acceptors (Lipinski definition) is 6. The molecule has 8 heteroatoms. The number of carbonyl (C=O) groups excluding carboxylic acids is 2. The lowest BCUT2D eigenvalue weighted by Crippen LogP contribution is -2.26. The molecular weight excluding hydrogens is 420 g/mol. The van der Waals surface area contributed by atoms with Gasteiger partial charge in [-0.3, -0.25) is 14.7 Å². The molecule has 2 amide bonds. The van der Waals surface area contributed by atoms with E-state index in [9.17, 15) is 9.59 Å². The summed E-state index contributed by atoms with van der Waals surface area (Å²) in [6.07, 6.45) is 3.76. The first kappa shape index (κ1) is 22.3. The minimum Gasteiger partial charge on any atom is -0.481 e. The van der Waals surface area contributed by atoms with Crippen molar-refractivity contribution < 1.29 is 19.1 Å². The second-order valence-electron chi connectivity index (χ2n) is 7.71. The number of cyclic esters (lactones) is 1. The lowest BCUT2D eigenvalue weighted by molar-refractivity contribution is -0.117. The molecule has 0 radical (unpaired) electrons. The Morgan fingerprint density at radius 2 is 2.03 bits per heavy atom. The summed E-state index contributed by atoms with van der Waals surface area (Å²) >= 11 is 0. The van der Waals surface area contributed by atoms with Crippen molar-refractivity contribution in [2.24, 2.45) is 0 Å². The third-order valence-corrected chi connectivity index (χ3v) is 5.63. The molecule has 33 heavy (non-hydrogen) atoms. The number of nitrogens with one attached hydrogen (secondary N) is 1. The van der Waals surface area contributed by atoms with E-state index in [2.05, 4.69) is 22.2 Å². The van der Waals surface area contributed by atoms with Gasteiger partial charge in [-0.2, -0.15) is 0 Å². The van der Waals surface area contributed by atoms with E-state index in [0.717, 1.165) is 17.7 Å². The molecule has 0 bridgehead atoms. The Hall–Kier alpha value is -3.94. The smallest absolute Gasteiger partial charge is 0.414 e. The molecule has 1 aromatic carbocycles. The summed E-state index contributed by atoms with van der Waals surface area (Å²) in [5.41, 5.74) is 4.50. The molecule has 170 valence electrons. The van der Waals surface area contributed by atoms with Crippen LogP contribution in [0.5, 0.6) is 5.88 Å². The van der Waals surface area contributed by atoms with Crippen LogP contribution in [0.2, 0.25) is 0 Å². The second kappa shape index (κ2) is 9.68. The SMILES string of the molecule is CCc1ccc(N2C[C@@H](CC(=Cc3ccnc4ccc(OC)nc34)C(=O)NC)OC2=O)cc1. The van der Waals surface area contributed by atoms with Crippen LogP contribution in [0, 0.1) is 0 Å². The van der Waals surface area contributed by atoms with Gasteiger partial charge >= 0.3 is 6.09 Å². The standard InChI is InChI=1S/C25H26N4O4/c1-4-16-5-7-19(8-6-16)29-15-20(33-25(29)31)14-18(24(30)26-2)13-17-11-12-27-21-9-10-22(32-3)28-23(17)21/h5-13,20H,4,14-15H2,1-3H3,(H,26,30)/t20-/m1/s1. The number of aromatic nitrogens is 2. The highest BCUT2D eigenvalue weighted by Gasteiger charge is 2.33. The highest BCUT2D eigenvalue weighted by molar-refractivity contribution is 6.00. The average Bonchev–Trinajstić information content (AvgIpc) is 3.22. The van der Waals surface area contributed by atoms with Gasteiger partial charge < -0.3 is 14.8 Å². The monoisotopic (exact) mass is 446 g/mol. The number of ether oxygens (including phenoxy) is 2. The largest absolute Gasteiger partial charge is 0.481 e. The number of amides is 2. The van der Waals surface area contributed by atoms with Crippen molar-refractivity contribution in [3.63, 3.8) is 0 Å². The van der Waals surface area contributed by atoms with E-state index < -0.39 is 12.2 Å². The first-order chi connectivity index (χ1) is 16.0. The fraction of sp³-hybridized carbons (Fsp3) is 0.280. The predicted octanol–water partition coefficient (Wildman–Crippen LogP) is 3.75. The fourth-order valence-electron chi connectivity index (χ4n) is 3.82. The topological polar surface area (TPSA) is 93.7 Å². The quantitative estimate of drug-likeness (QED) is 0.556. The van der Waals surface area contributed by atoms with E-state index in [1.165, 1.54) is 5.56 Å². The van der Waals surface area contributed by atoms with Crippen molar-refractivity contribution in [1.29, 1.82) is 0 Å². The Morgan fingerprint density at radius 3 is 2.73 bits per heavy atom. The first-order valence-electron chi connectivity index (χ1n) is 10.8. The molecule has 3 aromatic rings. The van der Waals surface area contributed by atoms with Crippen molar-refractivity contribution in [2.75, 3.05) is 25.6 Å². The number of likely N-dealkylation sites (N-methyl/N-ethyl adjacent to an activating group) is 1. The molecular formula is C25H26N4O4. The maximum Gasteiger partial charge on any atom is 0.414 e. The summed E-state index contributed by atoms with van der Waals surface area (Å²) in [5, 5.41) is 2.67. The number of methoxy groups -OCH3 is 1. The lowest BCUT2D eigenvalue weighted by atomic mass is 10.0. The number of rotatable bonds is 7. The zero-order valence-corrected chi connectivity index (χ0v) is 18.9. The molecule has 2 aromatic heterocycles. The number of benzene rings is 1. The van der Waals surface area contributed by atoms with E-state index in [-0.39, 0.29) is 12.3 Å². The van der Waals surface area contributed by atoms with Crippen LogP contribution in [0.25, 0.3) is 17.1 Å². The fourth-order valence-corrected chi connectivity index (χ4v) is 3.82. The summed E-state index contributed by atoms with van der Waals surface area (Å²) in [6, 6.07) is 13.2. The minimum absolute atomic E-state index is 0.246. The Bertz CT molecular complexity index is 1210. The number of fused-ring (bicyclic) bond motifs is 1. The highest BCUT2D eigenvalue weighted by atomic mass is 16.6. The molecule has 8 nitrogen and oxygen atoms in total. The van der Waals surface area contributed by atoms with Crippen LogP contribution in [0.4, 0.5) is 10.5 Å². The molecule has 1 aliphatic heterocycles. The van der Waals surface area contributed by atoms with Gasteiger partial charge in [0.15, 0.2) is 0 Å². The van der Waals surface area contributed by atoms with E-state index in [1.807, 2.05) is 30.3 Å². The molecule has 1 atom stereocenters. The van der Waals surface area contributed by atoms with Crippen LogP contribution in [0.3, 0.4) is 0 Å². The lowest BCUT2D eigenvalue weighted by Gasteiger charge is -2.14. The van der Waals surface area contributed by atoms with Crippen molar-refractivity contribution >= 4 is 34.8 Å². The highest BCUT2D eigenvalue weighted by Crippen LogP contribution is 2.27. The van der Waals surface area contributed by atoms with Gasteiger partial charge in [-0.25, -0.2) is 9.78 Å². The summed E-state index contributed by atoms with van der Waals surface area (Å²) in [7, 11) is 3.12. The Kier molecular flexibility index (Phi) is 6.53. The van der Waals surface area contributed by atoms with Gasteiger partial charge in [0.2, 0.25) is 11.8 Å². The second-order valence-corrected chi connectivity index (χ2v) is 7.71. The molecule has 1 aliphatic rings. The Balaban J connectivity index is 1.60. The maximum absolute atomic E-state index is 12.7. The van der Waals surface area contributed by atoms with E-state index >= 15 is 0 Å². The molecule has 1 saturated heterocycles. The number of hydrogen-bond donors (Lipinski definition) is 1. The Labute approximate surface area is 192 Å². The van der Waals surface area contributed by atoms with Crippen molar-refractivity contribution in [1.82, 2.24) is 15.3 Å². The maximum atomic E-state index is 12.7. The van der Waals surface area contributed by atoms with Gasteiger partial charge in [-0.05, 0) is 42.3 Å². The van der Waals surface area contributed by atoms with Crippen LogP contribution in [0.15, 0.2) is 54.2 Å². The third kappa shape index (κ3) is 4.79. The average molecular weight is 447 g/mol. The molecule has 1 N–H and O–H groups in total. The van der Waals surface area contributed by atoms with Crippen LogP contribution in [-0.2, 0) is 16.0 Å². The summed E-state index contributed by atoms with van der Waals surface area (Å²) in [6.45, 7) is 2.45. The molecule has 0 aliphatic carbocycles. The third-order valence-electron chi connectivity index (χ3n) is 5.63. The number of anilines is 1. The number of nitrogens with zero attached hydrogens (tertiary/aromatic N) is 3. The van der Waals surface area contributed by atoms with E-state index in [4.69, 9.17) is 9.47 Å². The molecule has 3 heterocycles. The molecule has 0 spiro atoms. The van der Waals surface area contributed by atoms with Crippen molar-refractivity contribution in [2.45, 2.75) is 25.9 Å². The summed E-state index contributed by atoms with van der Waals surface area (Å²) < 4.78 is 10.8. The van der Waals surface area contributed by atoms with E-state index in [1.54, 1.807) is 43.5 Å². The molecule has 0 saturated carbocycles. The normalized spacial score (nSPS) is 16.1. The molecule has 1 fully saturated rings. The van der Waals surface area contributed by atoms with Crippen LogP contribution >= 0.6 is 0 Å². The Morgan fingerprint density at radius 1 is 1.24 bits per heavy atom. The van der Waals surface area contributed by atoms with Gasteiger partial charge in [-0.1, -0.05) is 19.1 Å². The van der Waals surface area contributed by atoms with Crippen LogP contribution < -0.4 is 15.0 Å². The zero-order valence-electron chi connectivity index (χ0n) is 18.9. The van der Waals surface area contributed by atoms with Crippen molar-refractivity contribution in [3.8, 4) is 5.88 Å². The van der Waals surface area contributed by atoms with Crippen LogP contribution in [0.1, 0.15) is 24.5 Å².